The molecule has 1 unspecified atom stereocenters. The van der Waals surface area contributed by atoms with Gasteiger partial charge in [0.15, 0.2) is 0 Å². The van der Waals surface area contributed by atoms with Crippen molar-refractivity contribution in [3.63, 3.8) is 0 Å². The van der Waals surface area contributed by atoms with Gasteiger partial charge in [-0.15, -0.1) is 0 Å². The lowest BCUT2D eigenvalue weighted by atomic mass is 9.97. The first-order valence-corrected chi connectivity index (χ1v) is 7.48. The van der Waals surface area contributed by atoms with Gasteiger partial charge in [-0.25, -0.2) is 4.99 Å². The zero-order valence-corrected chi connectivity index (χ0v) is 13.8. The highest BCUT2D eigenvalue weighted by molar-refractivity contribution is 6.14. The van der Waals surface area contributed by atoms with Crippen LogP contribution < -0.4 is 9.64 Å². The fraction of sp³-hybridized carbons (Fsp3) is 0.412. The Morgan fingerprint density at radius 2 is 2.05 bits per heavy atom. The van der Waals surface area contributed by atoms with E-state index in [4.69, 9.17) is 14.9 Å². The zero-order chi connectivity index (χ0) is 16.3. The molecule has 0 saturated heterocycles. The molecule has 0 spiro atoms. The molecule has 1 aliphatic carbocycles. The topological polar surface area (TPSA) is 57.9 Å². The Balaban J connectivity index is 0.000000847. The van der Waals surface area contributed by atoms with Crippen LogP contribution in [0.25, 0.3) is 0 Å². The Bertz CT molecular complexity index is 633. The summed E-state index contributed by atoms with van der Waals surface area (Å²) in [7, 11) is 5.55. The molecule has 1 N–H and O–H groups in total. The molecule has 1 atom stereocenters. The van der Waals surface area contributed by atoms with E-state index in [0.717, 1.165) is 22.8 Å². The van der Waals surface area contributed by atoms with E-state index in [1.165, 1.54) is 0 Å². The first kappa shape index (κ1) is 16.1. The number of ether oxygens (including phenoxy) is 2. The summed E-state index contributed by atoms with van der Waals surface area (Å²) in [6, 6.07) is 5.95. The second kappa shape index (κ2) is 6.64. The number of benzene rings is 1. The number of allylic oxidation sites excluding steroid dienone is 1. The molecule has 0 radical (unpaired) electrons. The number of anilines is 1. The lowest BCUT2D eigenvalue weighted by Gasteiger charge is -2.29. The van der Waals surface area contributed by atoms with E-state index in [-0.39, 0.29) is 6.10 Å². The van der Waals surface area contributed by atoms with Crippen molar-refractivity contribution in [2.45, 2.75) is 26.4 Å². The molecule has 118 valence electrons. The van der Waals surface area contributed by atoms with Gasteiger partial charge in [-0.2, -0.15) is 0 Å². The largest absolute Gasteiger partial charge is 0.495 e. The molecule has 22 heavy (non-hydrogen) atoms. The Labute approximate surface area is 131 Å². The van der Waals surface area contributed by atoms with Crippen LogP contribution in [0.5, 0.6) is 5.75 Å². The quantitative estimate of drug-likeness (QED) is 0.908. The molecule has 5 heteroatoms. The summed E-state index contributed by atoms with van der Waals surface area (Å²) >= 11 is 0. The van der Waals surface area contributed by atoms with E-state index in [9.17, 15) is 0 Å². The van der Waals surface area contributed by atoms with Crippen molar-refractivity contribution in [3.8, 4) is 5.75 Å². The fourth-order valence-corrected chi connectivity index (χ4v) is 2.35. The van der Waals surface area contributed by atoms with Gasteiger partial charge in [0.2, 0.25) is 0 Å². The average Bonchev–Trinajstić information content (AvgIpc) is 2.53. The van der Waals surface area contributed by atoms with Gasteiger partial charge in [-0.05, 0) is 12.1 Å². The maximum absolute atomic E-state index is 7.93. The fourth-order valence-electron chi connectivity index (χ4n) is 2.35. The summed E-state index contributed by atoms with van der Waals surface area (Å²) in [6.45, 7) is 4.00. The third kappa shape index (κ3) is 2.98. The van der Waals surface area contributed by atoms with Crippen molar-refractivity contribution >= 4 is 22.8 Å². The molecule has 1 aliphatic heterocycles. The predicted molar refractivity (Wildman–Crippen MR) is 91.1 cm³/mol. The number of nitrogens with one attached hydrogen (secondary N) is 1. The first-order chi connectivity index (χ1) is 10.6. The van der Waals surface area contributed by atoms with E-state index in [1.54, 1.807) is 13.2 Å². The molecule has 0 saturated carbocycles. The Hall–Kier alpha value is -2.30. The average molecular weight is 301 g/mol. The van der Waals surface area contributed by atoms with Crippen molar-refractivity contribution < 1.29 is 9.47 Å². The number of aliphatic imine (C=N–C) groups is 1. The van der Waals surface area contributed by atoms with Crippen molar-refractivity contribution in [2.24, 2.45) is 4.99 Å². The van der Waals surface area contributed by atoms with Crippen molar-refractivity contribution in [1.82, 2.24) is 0 Å². The number of rotatable bonds is 2. The normalized spacial score (nSPS) is 18.6. The van der Waals surface area contributed by atoms with Gasteiger partial charge < -0.3 is 19.8 Å². The van der Waals surface area contributed by atoms with Gasteiger partial charge >= 0.3 is 0 Å². The molecule has 3 rings (SSSR count). The summed E-state index contributed by atoms with van der Waals surface area (Å²) in [6.07, 6.45) is 2.09. The highest BCUT2D eigenvalue weighted by atomic mass is 16.5. The van der Waals surface area contributed by atoms with E-state index in [2.05, 4.69) is 4.99 Å². The predicted octanol–water partition coefficient (Wildman–Crippen LogP) is 3.57. The third-order valence-electron chi connectivity index (χ3n) is 3.49. The number of hydrogen-bond donors (Lipinski definition) is 1. The van der Waals surface area contributed by atoms with Crippen LogP contribution in [0.2, 0.25) is 0 Å². The second-order valence-electron chi connectivity index (χ2n) is 5.09. The van der Waals surface area contributed by atoms with Crippen LogP contribution in [0, 0.1) is 5.41 Å². The first-order valence-electron chi connectivity index (χ1n) is 7.48. The maximum Gasteiger partial charge on any atom is 0.148 e. The molecule has 0 bridgehead atoms. The number of nitrogens with zero attached hydrogens (tertiary/aromatic N) is 2. The molecular weight excluding hydrogens is 278 g/mol. The van der Waals surface area contributed by atoms with Gasteiger partial charge in [0.1, 0.15) is 23.3 Å². The lowest BCUT2D eigenvalue weighted by molar-refractivity contribution is 0.260. The molecule has 0 fully saturated rings. The monoisotopic (exact) mass is 301 g/mol. The van der Waals surface area contributed by atoms with E-state index >= 15 is 0 Å². The van der Waals surface area contributed by atoms with E-state index in [0.29, 0.717) is 17.9 Å². The highest BCUT2D eigenvalue weighted by Crippen LogP contribution is 2.37. The molecule has 0 amide bonds. The van der Waals surface area contributed by atoms with Crippen LogP contribution in [0.3, 0.4) is 0 Å². The highest BCUT2D eigenvalue weighted by Gasteiger charge is 2.30. The third-order valence-corrected chi connectivity index (χ3v) is 3.49. The molecule has 1 aromatic rings. The summed E-state index contributed by atoms with van der Waals surface area (Å²) in [5.41, 5.74) is 3.16. The van der Waals surface area contributed by atoms with Crippen LogP contribution in [-0.4, -0.2) is 38.7 Å². The second-order valence-corrected chi connectivity index (χ2v) is 5.09. The van der Waals surface area contributed by atoms with Crippen LogP contribution in [0.15, 0.2) is 35.0 Å². The van der Waals surface area contributed by atoms with Gasteiger partial charge in [-0.3, -0.25) is 0 Å². The minimum absolute atomic E-state index is 0.189. The molecule has 1 aromatic carbocycles. The molecule has 1 heterocycles. The minimum Gasteiger partial charge on any atom is -0.495 e. The van der Waals surface area contributed by atoms with Crippen LogP contribution in [0.4, 0.5) is 11.4 Å². The van der Waals surface area contributed by atoms with Crippen molar-refractivity contribution in [3.05, 3.63) is 30.0 Å². The smallest absolute Gasteiger partial charge is 0.148 e. The lowest BCUT2D eigenvalue weighted by Crippen LogP contribution is -2.35. The molecule has 5 nitrogen and oxygen atoms in total. The number of methoxy groups -OCH3 is 1. The summed E-state index contributed by atoms with van der Waals surface area (Å²) in [5.74, 6) is 1.34. The molecule has 0 aromatic heterocycles. The maximum atomic E-state index is 7.93. The van der Waals surface area contributed by atoms with Crippen molar-refractivity contribution in [2.75, 3.05) is 26.1 Å². The number of fused-ring (bicyclic) bond motifs is 2. The summed E-state index contributed by atoms with van der Waals surface area (Å²) in [4.78, 5) is 6.64. The van der Waals surface area contributed by atoms with Gasteiger partial charge in [-0.1, -0.05) is 13.8 Å². The van der Waals surface area contributed by atoms with Crippen LogP contribution in [0.1, 0.15) is 20.3 Å². The van der Waals surface area contributed by atoms with Gasteiger partial charge in [0, 0.05) is 38.3 Å². The zero-order valence-electron chi connectivity index (χ0n) is 13.8. The summed E-state index contributed by atoms with van der Waals surface area (Å²) in [5, 5.41) is 7.93. The van der Waals surface area contributed by atoms with Crippen molar-refractivity contribution in [1.29, 1.82) is 5.41 Å². The van der Waals surface area contributed by atoms with Crippen LogP contribution in [-0.2, 0) is 4.74 Å². The van der Waals surface area contributed by atoms with E-state index < -0.39 is 0 Å². The summed E-state index contributed by atoms with van der Waals surface area (Å²) < 4.78 is 11.2. The van der Waals surface area contributed by atoms with Crippen LogP contribution >= 0.6 is 0 Å². The SMILES string of the molecule is CC.COC1=CC2=Nc3ccc(N(C)C)cc3OC2CC1=N. The Morgan fingerprint density at radius 3 is 2.68 bits per heavy atom. The minimum atomic E-state index is -0.189. The van der Waals surface area contributed by atoms with E-state index in [1.807, 2.05) is 51.0 Å². The Kier molecular flexibility index (Phi) is 4.85. The standard InChI is InChI=1S/C15H17N3O2.C2H6/c1-18(2)9-4-5-11-14(6-9)20-15-7-10(16)13(19-3)8-12(15)17-11;1-2/h4-6,8,15-16H,7H2,1-3H3;1-2H3. The molecular formula is C17H23N3O2. The molecule has 2 aliphatic rings. The number of hydrogen-bond acceptors (Lipinski definition) is 5. The van der Waals surface area contributed by atoms with Gasteiger partial charge in [0.05, 0.1) is 18.5 Å². The van der Waals surface area contributed by atoms with Gasteiger partial charge in [0.25, 0.3) is 0 Å². The Morgan fingerprint density at radius 1 is 1.32 bits per heavy atom.